The monoisotopic (exact) mass is 653 g/mol. The van der Waals surface area contributed by atoms with E-state index in [-0.39, 0.29) is 0 Å². The van der Waals surface area contributed by atoms with Gasteiger partial charge in [0, 0.05) is 49.6 Å². The van der Waals surface area contributed by atoms with Gasteiger partial charge in [-0.05, 0) is 73.7 Å². The lowest BCUT2D eigenvalue weighted by molar-refractivity contribution is 1.07. The molecule has 240 valence electrons. The fourth-order valence-corrected chi connectivity index (χ4v) is 7.47. The first kappa shape index (κ1) is 29.1. The molecule has 51 heavy (non-hydrogen) atoms. The van der Waals surface area contributed by atoms with Crippen LogP contribution in [-0.4, -0.2) is 24.1 Å². The Hall–Kier alpha value is -6.85. The summed E-state index contributed by atoms with van der Waals surface area (Å²) in [5, 5.41) is 4.94. The molecule has 0 atom stereocenters. The van der Waals surface area contributed by atoms with Crippen LogP contribution in [-0.2, 0) is 0 Å². The lowest BCUT2D eigenvalue weighted by atomic mass is 10.1. The second-order valence-corrected chi connectivity index (χ2v) is 13.0. The average Bonchev–Trinajstić information content (AvgIpc) is 3.71. The molecule has 0 unspecified atom stereocenters. The van der Waals surface area contributed by atoms with Gasteiger partial charge >= 0.3 is 0 Å². The number of nitrogens with zero attached hydrogens (tertiary/aromatic N) is 5. The molecular formula is C46H31N5. The summed E-state index contributed by atoms with van der Waals surface area (Å²) in [5.41, 5.74) is 11.0. The van der Waals surface area contributed by atoms with E-state index in [4.69, 9.17) is 15.0 Å². The quantitative estimate of drug-likeness (QED) is 0.186. The van der Waals surface area contributed by atoms with E-state index in [2.05, 4.69) is 150 Å². The van der Waals surface area contributed by atoms with Crippen LogP contribution in [0.5, 0.6) is 0 Å². The highest BCUT2D eigenvalue weighted by molar-refractivity contribution is 6.12. The zero-order valence-electron chi connectivity index (χ0n) is 27.9. The number of hydrogen-bond acceptors (Lipinski definition) is 3. The number of aromatic nitrogens is 5. The molecule has 0 saturated carbocycles. The largest absolute Gasteiger partial charge is 0.309 e. The molecule has 0 fully saturated rings. The van der Waals surface area contributed by atoms with Crippen LogP contribution in [0.25, 0.3) is 89.2 Å². The van der Waals surface area contributed by atoms with E-state index in [0.717, 1.165) is 44.7 Å². The molecule has 10 aromatic rings. The first-order valence-electron chi connectivity index (χ1n) is 17.2. The van der Waals surface area contributed by atoms with Gasteiger partial charge in [0.25, 0.3) is 0 Å². The van der Waals surface area contributed by atoms with Crippen LogP contribution in [0.3, 0.4) is 0 Å². The molecule has 5 nitrogen and oxygen atoms in total. The Morgan fingerprint density at radius 1 is 0.333 bits per heavy atom. The maximum atomic E-state index is 4.98. The normalized spacial score (nSPS) is 11.6. The molecule has 0 saturated heterocycles. The highest BCUT2D eigenvalue weighted by Crippen LogP contribution is 2.37. The minimum Gasteiger partial charge on any atom is -0.309 e. The topological polar surface area (TPSA) is 48.5 Å². The Bertz CT molecular complexity index is 2860. The van der Waals surface area contributed by atoms with Crippen LogP contribution >= 0.6 is 0 Å². The van der Waals surface area contributed by atoms with Gasteiger partial charge in [-0.1, -0.05) is 109 Å². The number of aryl methyl sites for hydroxylation is 1. The number of benzene rings is 7. The van der Waals surface area contributed by atoms with Crippen molar-refractivity contribution in [2.75, 3.05) is 0 Å². The standard InChI is InChI=1S/C46H31N5/c1-30-12-11-15-33(28-30)46-48-44(31-13-3-2-4-14-31)47-45(49-46)32-22-24-34(25-23-32)50-42-21-10-7-18-38(42)39-29-35(26-27-43(39)50)51-40-19-8-5-16-36(40)37-17-6-9-20-41(37)51/h2-29H,1H3. The molecular weight excluding hydrogens is 623 g/mol. The molecule has 0 aliphatic rings. The molecule has 0 N–H and O–H groups in total. The Labute approximate surface area is 294 Å². The Kier molecular flexibility index (Phi) is 6.64. The highest BCUT2D eigenvalue weighted by atomic mass is 15.0. The van der Waals surface area contributed by atoms with E-state index in [1.54, 1.807) is 0 Å². The summed E-state index contributed by atoms with van der Waals surface area (Å²) < 4.78 is 4.74. The molecule has 7 aromatic carbocycles. The summed E-state index contributed by atoms with van der Waals surface area (Å²) in [4.78, 5) is 14.8. The first-order chi connectivity index (χ1) is 25.2. The maximum Gasteiger partial charge on any atom is 0.164 e. The van der Waals surface area contributed by atoms with Crippen LogP contribution in [0, 0.1) is 6.92 Å². The van der Waals surface area contributed by atoms with E-state index in [1.807, 2.05) is 36.4 Å². The first-order valence-corrected chi connectivity index (χ1v) is 17.2. The fourth-order valence-electron chi connectivity index (χ4n) is 7.47. The molecule has 0 spiro atoms. The van der Waals surface area contributed by atoms with Crippen molar-refractivity contribution in [1.82, 2.24) is 24.1 Å². The Balaban J connectivity index is 1.11. The third kappa shape index (κ3) is 4.82. The van der Waals surface area contributed by atoms with Crippen LogP contribution in [0.2, 0.25) is 0 Å². The third-order valence-electron chi connectivity index (χ3n) is 9.82. The van der Waals surface area contributed by atoms with Gasteiger partial charge in [0.2, 0.25) is 0 Å². The molecule has 5 heteroatoms. The van der Waals surface area contributed by atoms with Gasteiger partial charge in [0.05, 0.1) is 22.1 Å². The van der Waals surface area contributed by atoms with Crippen molar-refractivity contribution in [2.45, 2.75) is 6.92 Å². The zero-order valence-corrected chi connectivity index (χ0v) is 27.9. The lowest BCUT2D eigenvalue weighted by Crippen LogP contribution is -2.00. The van der Waals surface area contributed by atoms with Crippen LogP contribution in [0.4, 0.5) is 0 Å². The predicted octanol–water partition coefficient (Wildman–Crippen LogP) is 11.4. The number of fused-ring (bicyclic) bond motifs is 6. The SMILES string of the molecule is Cc1cccc(-c2nc(-c3ccccc3)nc(-c3ccc(-n4c5ccccc5c5cc(-n6c7ccccc7c7ccccc76)ccc54)cc3)n2)c1. The highest BCUT2D eigenvalue weighted by Gasteiger charge is 2.17. The van der Waals surface area contributed by atoms with Gasteiger partial charge < -0.3 is 9.13 Å². The lowest BCUT2D eigenvalue weighted by Gasteiger charge is -2.11. The van der Waals surface area contributed by atoms with E-state index in [1.165, 1.54) is 32.6 Å². The minimum absolute atomic E-state index is 0.643. The molecule has 3 aromatic heterocycles. The van der Waals surface area contributed by atoms with Crippen molar-refractivity contribution in [3.63, 3.8) is 0 Å². The molecule has 0 aliphatic heterocycles. The maximum absolute atomic E-state index is 4.98. The summed E-state index contributed by atoms with van der Waals surface area (Å²) in [6, 6.07) is 59.8. The van der Waals surface area contributed by atoms with Crippen molar-refractivity contribution >= 4 is 43.6 Å². The van der Waals surface area contributed by atoms with Gasteiger partial charge in [0.1, 0.15) is 0 Å². The van der Waals surface area contributed by atoms with Gasteiger partial charge in [-0.3, -0.25) is 0 Å². The molecule has 10 rings (SSSR count). The van der Waals surface area contributed by atoms with Gasteiger partial charge in [0.15, 0.2) is 17.5 Å². The summed E-state index contributed by atoms with van der Waals surface area (Å²) in [6.07, 6.45) is 0. The van der Waals surface area contributed by atoms with Gasteiger partial charge in [-0.2, -0.15) is 0 Å². The predicted molar refractivity (Wildman–Crippen MR) is 210 cm³/mol. The molecule has 3 heterocycles. The van der Waals surface area contributed by atoms with Crippen molar-refractivity contribution in [3.8, 4) is 45.5 Å². The van der Waals surface area contributed by atoms with Crippen LogP contribution in [0.15, 0.2) is 170 Å². The number of rotatable bonds is 5. The van der Waals surface area contributed by atoms with Crippen LogP contribution < -0.4 is 0 Å². The third-order valence-corrected chi connectivity index (χ3v) is 9.82. The Morgan fingerprint density at radius 3 is 1.39 bits per heavy atom. The summed E-state index contributed by atoms with van der Waals surface area (Å²) >= 11 is 0. The minimum atomic E-state index is 0.643. The summed E-state index contributed by atoms with van der Waals surface area (Å²) in [6.45, 7) is 2.09. The second-order valence-electron chi connectivity index (χ2n) is 13.0. The molecule has 0 amide bonds. The van der Waals surface area contributed by atoms with Crippen molar-refractivity contribution in [2.24, 2.45) is 0 Å². The molecule has 0 radical (unpaired) electrons. The van der Waals surface area contributed by atoms with E-state index < -0.39 is 0 Å². The fraction of sp³-hybridized carbons (Fsp3) is 0.0217. The number of para-hydroxylation sites is 3. The molecule has 0 aliphatic carbocycles. The van der Waals surface area contributed by atoms with Crippen molar-refractivity contribution in [3.05, 3.63) is 175 Å². The van der Waals surface area contributed by atoms with Crippen LogP contribution in [0.1, 0.15) is 5.56 Å². The number of hydrogen-bond donors (Lipinski definition) is 0. The van der Waals surface area contributed by atoms with Crippen molar-refractivity contribution < 1.29 is 0 Å². The van der Waals surface area contributed by atoms with Crippen molar-refractivity contribution in [1.29, 1.82) is 0 Å². The zero-order chi connectivity index (χ0) is 33.9. The van der Waals surface area contributed by atoms with E-state index in [0.29, 0.717) is 17.5 Å². The second kappa shape index (κ2) is 11.6. The molecule has 0 bridgehead atoms. The summed E-state index contributed by atoms with van der Waals surface area (Å²) in [5.74, 6) is 1.96. The van der Waals surface area contributed by atoms with E-state index >= 15 is 0 Å². The smallest absolute Gasteiger partial charge is 0.164 e. The van der Waals surface area contributed by atoms with E-state index in [9.17, 15) is 0 Å². The van der Waals surface area contributed by atoms with Gasteiger partial charge in [-0.25, -0.2) is 15.0 Å². The average molecular weight is 654 g/mol. The Morgan fingerprint density at radius 2 is 0.784 bits per heavy atom. The summed E-state index contributed by atoms with van der Waals surface area (Å²) in [7, 11) is 0. The van der Waals surface area contributed by atoms with Gasteiger partial charge in [-0.15, -0.1) is 0 Å².